The van der Waals surface area contributed by atoms with Crippen LogP contribution in [0.2, 0.25) is 0 Å². The molecule has 1 aromatic rings. The Labute approximate surface area is 108 Å². The van der Waals surface area contributed by atoms with Gasteiger partial charge in [-0.15, -0.1) is 0 Å². The van der Waals surface area contributed by atoms with Gasteiger partial charge in [0.15, 0.2) is 6.73 Å². The smallest absolute Gasteiger partial charge is 0.312 e. The van der Waals surface area contributed by atoms with Crippen LogP contribution in [0.4, 0.5) is 5.69 Å². The summed E-state index contributed by atoms with van der Waals surface area (Å²) in [4.78, 5) is 21.6. The standard InChI is InChI=1S/C13H21N3O2/c1-10(2)16(11-6-14-8-15-7-11)9-18-12(17)13(3,4)5/h6-8,10H,9H2,1-5H3. The summed E-state index contributed by atoms with van der Waals surface area (Å²) in [6.07, 6.45) is 4.89. The molecule has 1 heterocycles. The van der Waals surface area contributed by atoms with Gasteiger partial charge in [0.05, 0.1) is 23.5 Å². The average molecular weight is 251 g/mol. The van der Waals surface area contributed by atoms with Gasteiger partial charge in [0.25, 0.3) is 0 Å². The van der Waals surface area contributed by atoms with Crippen LogP contribution in [0.1, 0.15) is 34.6 Å². The van der Waals surface area contributed by atoms with Crippen LogP contribution in [0.5, 0.6) is 0 Å². The zero-order chi connectivity index (χ0) is 13.8. The Bertz CT molecular complexity index is 385. The normalized spacial score (nSPS) is 11.4. The molecule has 0 saturated heterocycles. The molecular weight excluding hydrogens is 230 g/mol. The molecule has 1 rings (SSSR count). The third kappa shape index (κ3) is 3.98. The molecule has 0 unspecified atom stereocenters. The molecule has 0 N–H and O–H groups in total. The van der Waals surface area contributed by atoms with Crippen molar-refractivity contribution in [1.82, 2.24) is 9.97 Å². The maximum atomic E-state index is 11.7. The Morgan fingerprint density at radius 2 is 1.89 bits per heavy atom. The molecule has 0 atom stereocenters. The Hall–Kier alpha value is -1.65. The van der Waals surface area contributed by atoms with Gasteiger partial charge in [-0.3, -0.25) is 4.79 Å². The van der Waals surface area contributed by atoms with Crippen molar-refractivity contribution in [3.8, 4) is 0 Å². The minimum Gasteiger partial charge on any atom is -0.444 e. The molecular formula is C13H21N3O2. The summed E-state index contributed by atoms with van der Waals surface area (Å²) in [5.74, 6) is -0.218. The van der Waals surface area contributed by atoms with Crippen LogP contribution in [0.25, 0.3) is 0 Å². The first-order valence-corrected chi connectivity index (χ1v) is 6.01. The molecule has 0 fully saturated rings. The molecule has 0 amide bonds. The summed E-state index contributed by atoms with van der Waals surface area (Å²) in [6.45, 7) is 9.76. The fourth-order valence-electron chi connectivity index (χ4n) is 1.31. The van der Waals surface area contributed by atoms with E-state index in [9.17, 15) is 4.79 Å². The minimum atomic E-state index is -0.490. The Morgan fingerprint density at radius 3 is 2.33 bits per heavy atom. The van der Waals surface area contributed by atoms with Crippen molar-refractivity contribution in [2.75, 3.05) is 11.6 Å². The number of carbonyl (C=O) groups excluding carboxylic acids is 1. The van der Waals surface area contributed by atoms with E-state index < -0.39 is 5.41 Å². The summed E-state index contributed by atoms with van der Waals surface area (Å²) in [5.41, 5.74) is 0.352. The van der Waals surface area contributed by atoms with Gasteiger partial charge in [-0.1, -0.05) is 0 Å². The van der Waals surface area contributed by atoms with Crippen molar-refractivity contribution in [2.45, 2.75) is 40.7 Å². The van der Waals surface area contributed by atoms with Gasteiger partial charge in [0.2, 0.25) is 0 Å². The van der Waals surface area contributed by atoms with Gasteiger partial charge < -0.3 is 9.64 Å². The number of carbonyl (C=O) groups is 1. The summed E-state index contributed by atoms with van der Waals surface area (Å²) in [7, 11) is 0. The van der Waals surface area contributed by atoms with E-state index in [4.69, 9.17) is 4.74 Å². The molecule has 0 radical (unpaired) electrons. The van der Waals surface area contributed by atoms with Crippen molar-refractivity contribution in [1.29, 1.82) is 0 Å². The van der Waals surface area contributed by atoms with E-state index >= 15 is 0 Å². The zero-order valence-electron chi connectivity index (χ0n) is 11.7. The second-order valence-electron chi connectivity index (χ2n) is 5.47. The quantitative estimate of drug-likeness (QED) is 0.606. The van der Waals surface area contributed by atoms with Gasteiger partial charge >= 0.3 is 5.97 Å². The van der Waals surface area contributed by atoms with E-state index in [-0.39, 0.29) is 18.7 Å². The molecule has 0 aromatic carbocycles. The fourth-order valence-corrected chi connectivity index (χ4v) is 1.31. The SMILES string of the molecule is CC(C)N(COC(=O)C(C)(C)C)c1cncnc1. The minimum absolute atomic E-state index is 0.198. The van der Waals surface area contributed by atoms with E-state index in [2.05, 4.69) is 9.97 Å². The monoisotopic (exact) mass is 251 g/mol. The van der Waals surface area contributed by atoms with E-state index in [1.807, 2.05) is 39.5 Å². The first-order valence-electron chi connectivity index (χ1n) is 6.01. The number of aromatic nitrogens is 2. The third-order valence-electron chi connectivity index (χ3n) is 2.45. The Morgan fingerprint density at radius 1 is 1.33 bits per heavy atom. The van der Waals surface area contributed by atoms with Crippen LogP contribution in [-0.2, 0) is 9.53 Å². The van der Waals surface area contributed by atoms with E-state index in [0.29, 0.717) is 0 Å². The van der Waals surface area contributed by atoms with Gasteiger partial charge in [0, 0.05) is 6.04 Å². The third-order valence-corrected chi connectivity index (χ3v) is 2.45. The number of esters is 1. The van der Waals surface area contributed by atoms with E-state index in [0.717, 1.165) is 5.69 Å². The molecule has 100 valence electrons. The zero-order valence-corrected chi connectivity index (χ0v) is 11.7. The maximum absolute atomic E-state index is 11.7. The fraction of sp³-hybridized carbons (Fsp3) is 0.615. The lowest BCUT2D eigenvalue weighted by Crippen LogP contribution is -2.36. The number of rotatable bonds is 4. The van der Waals surface area contributed by atoms with Crippen molar-refractivity contribution in [3.05, 3.63) is 18.7 Å². The molecule has 5 heteroatoms. The first kappa shape index (κ1) is 14.4. The summed E-state index contributed by atoms with van der Waals surface area (Å²) in [6, 6.07) is 0.198. The average Bonchev–Trinajstić information content (AvgIpc) is 2.28. The van der Waals surface area contributed by atoms with Gasteiger partial charge in [-0.2, -0.15) is 0 Å². The molecule has 0 bridgehead atoms. The number of anilines is 1. The van der Waals surface area contributed by atoms with Crippen molar-refractivity contribution >= 4 is 11.7 Å². The Kier molecular flexibility index (Phi) is 4.64. The topological polar surface area (TPSA) is 55.3 Å². The largest absolute Gasteiger partial charge is 0.444 e. The number of hydrogen-bond acceptors (Lipinski definition) is 5. The highest BCUT2D eigenvalue weighted by Gasteiger charge is 2.24. The number of nitrogens with zero attached hydrogens (tertiary/aromatic N) is 3. The summed E-state index contributed by atoms with van der Waals surface area (Å²) >= 11 is 0. The van der Waals surface area contributed by atoms with Crippen molar-refractivity contribution in [3.63, 3.8) is 0 Å². The van der Waals surface area contributed by atoms with Gasteiger partial charge in [-0.05, 0) is 34.6 Å². The van der Waals surface area contributed by atoms with Crippen LogP contribution < -0.4 is 4.90 Å². The number of ether oxygens (including phenoxy) is 1. The Balaban J connectivity index is 2.69. The van der Waals surface area contributed by atoms with E-state index in [1.165, 1.54) is 6.33 Å². The van der Waals surface area contributed by atoms with Gasteiger partial charge in [0.1, 0.15) is 6.33 Å². The van der Waals surface area contributed by atoms with Crippen LogP contribution in [0.15, 0.2) is 18.7 Å². The summed E-state index contributed by atoms with van der Waals surface area (Å²) < 4.78 is 5.32. The maximum Gasteiger partial charge on any atom is 0.312 e. The van der Waals surface area contributed by atoms with Crippen LogP contribution in [0.3, 0.4) is 0 Å². The second-order valence-corrected chi connectivity index (χ2v) is 5.47. The lowest BCUT2D eigenvalue weighted by atomic mass is 9.97. The first-order chi connectivity index (χ1) is 8.32. The van der Waals surface area contributed by atoms with Crippen LogP contribution >= 0.6 is 0 Å². The number of hydrogen-bond donors (Lipinski definition) is 0. The predicted molar refractivity (Wildman–Crippen MR) is 70.1 cm³/mol. The molecule has 0 saturated carbocycles. The van der Waals surface area contributed by atoms with Crippen LogP contribution in [0, 0.1) is 5.41 Å². The highest BCUT2D eigenvalue weighted by Crippen LogP contribution is 2.18. The molecule has 0 aliphatic heterocycles. The predicted octanol–water partition coefficient (Wildman–Crippen LogP) is 2.24. The van der Waals surface area contributed by atoms with Crippen molar-refractivity contribution in [2.24, 2.45) is 5.41 Å². The van der Waals surface area contributed by atoms with Gasteiger partial charge in [-0.25, -0.2) is 9.97 Å². The molecule has 0 aliphatic rings. The molecule has 0 aliphatic carbocycles. The second kappa shape index (κ2) is 5.80. The van der Waals surface area contributed by atoms with E-state index in [1.54, 1.807) is 12.4 Å². The lowest BCUT2D eigenvalue weighted by molar-refractivity contribution is -0.152. The summed E-state index contributed by atoms with van der Waals surface area (Å²) in [5, 5.41) is 0. The molecule has 1 aromatic heterocycles. The molecule has 18 heavy (non-hydrogen) atoms. The molecule has 0 spiro atoms. The lowest BCUT2D eigenvalue weighted by Gasteiger charge is -2.29. The highest BCUT2D eigenvalue weighted by molar-refractivity contribution is 5.75. The molecule has 5 nitrogen and oxygen atoms in total. The van der Waals surface area contributed by atoms with Crippen LogP contribution in [-0.4, -0.2) is 28.7 Å². The highest BCUT2D eigenvalue weighted by atomic mass is 16.5. The van der Waals surface area contributed by atoms with Crippen molar-refractivity contribution < 1.29 is 9.53 Å².